The molecule has 5 aliphatic carbocycles. The SMILES string of the molecule is CC(NC1C=CCCC1)C12CC3CC(CC(C3)C1)C2. The predicted molar refractivity (Wildman–Crippen MR) is 80.0 cm³/mol. The number of nitrogens with one attached hydrogen (secondary N) is 1. The fraction of sp³-hybridized carbons (Fsp3) is 0.889. The molecule has 0 aromatic rings. The summed E-state index contributed by atoms with van der Waals surface area (Å²) < 4.78 is 0. The molecule has 1 N–H and O–H groups in total. The average molecular weight is 259 g/mol. The van der Waals surface area contributed by atoms with Crippen LogP contribution in [-0.2, 0) is 0 Å². The van der Waals surface area contributed by atoms with Crippen LogP contribution >= 0.6 is 0 Å². The standard InChI is InChI=1S/C18H29N/c1-13(19-17-5-3-2-4-6-17)18-10-14-7-15(11-18)9-16(8-14)12-18/h3,5,13-17,19H,2,4,6-12H2,1H3. The van der Waals surface area contributed by atoms with E-state index in [-0.39, 0.29) is 0 Å². The first-order valence-electron chi connectivity index (χ1n) is 8.66. The molecule has 0 spiro atoms. The highest BCUT2D eigenvalue weighted by Gasteiger charge is 2.53. The summed E-state index contributed by atoms with van der Waals surface area (Å²) in [4.78, 5) is 0. The maximum absolute atomic E-state index is 3.99. The predicted octanol–water partition coefficient (Wildman–Crippen LogP) is 4.29. The maximum Gasteiger partial charge on any atom is 0.0252 e. The molecule has 0 aromatic heterocycles. The topological polar surface area (TPSA) is 12.0 Å². The minimum Gasteiger partial charge on any atom is -0.307 e. The van der Waals surface area contributed by atoms with Gasteiger partial charge in [0.25, 0.3) is 0 Å². The molecule has 4 saturated carbocycles. The van der Waals surface area contributed by atoms with Crippen molar-refractivity contribution in [1.82, 2.24) is 5.32 Å². The Hall–Kier alpha value is -0.300. The average Bonchev–Trinajstić information content (AvgIpc) is 2.38. The highest BCUT2D eigenvalue weighted by molar-refractivity contribution is 5.07. The van der Waals surface area contributed by atoms with Crippen LogP contribution in [0.15, 0.2) is 12.2 Å². The van der Waals surface area contributed by atoms with Crippen molar-refractivity contribution in [3.8, 4) is 0 Å². The van der Waals surface area contributed by atoms with E-state index in [9.17, 15) is 0 Å². The van der Waals surface area contributed by atoms with E-state index < -0.39 is 0 Å². The Bertz CT molecular complexity index is 335. The summed E-state index contributed by atoms with van der Waals surface area (Å²) in [5.74, 6) is 3.24. The van der Waals surface area contributed by atoms with Gasteiger partial charge < -0.3 is 5.32 Å². The second-order valence-corrected chi connectivity index (χ2v) is 8.13. The van der Waals surface area contributed by atoms with Crippen LogP contribution in [0.25, 0.3) is 0 Å². The van der Waals surface area contributed by atoms with Crippen LogP contribution in [0.1, 0.15) is 64.7 Å². The maximum atomic E-state index is 3.99. The fourth-order valence-corrected chi connectivity index (χ4v) is 6.16. The summed E-state index contributed by atoms with van der Waals surface area (Å²) in [6.45, 7) is 2.50. The third kappa shape index (κ3) is 2.18. The molecule has 4 bridgehead atoms. The van der Waals surface area contributed by atoms with Gasteiger partial charge in [0, 0.05) is 12.1 Å². The van der Waals surface area contributed by atoms with Crippen LogP contribution in [0.5, 0.6) is 0 Å². The van der Waals surface area contributed by atoms with Crippen molar-refractivity contribution in [2.75, 3.05) is 0 Å². The number of hydrogen-bond donors (Lipinski definition) is 1. The first kappa shape index (κ1) is 12.4. The molecule has 19 heavy (non-hydrogen) atoms. The van der Waals surface area contributed by atoms with Gasteiger partial charge in [0.05, 0.1) is 0 Å². The fourth-order valence-electron chi connectivity index (χ4n) is 6.16. The Morgan fingerprint density at radius 1 is 1.05 bits per heavy atom. The third-order valence-electron chi connectivity index (χ3n) is 6.72. The second kappa shape index (κ2) is 4.62. The summed E-state index contributed by atoms with van der Waals surface area (Å²) in [6.07, 6.45) is 18.1. The molecule has 1 nitrogen and oxygen atoms in total. The molecular formula is C18H29N. The summed E-state index contributed by atoms with van der Waals surface area (Å²) in [7, 11) is 0. The molecule has 5 rings (SSSR count). The number of allylic oxidation sites excluding steroid dienone is 1. The van der Waals surface area contributed by atoms with E-state index in [0.717, 1.165) is 23.8 Å². The molecule has 0 radical (unpaired) electrons. The monoisotopic (exact) mass is 259 g/mol. The van der Waals surface area contributed by atoms with Crippen molar-refractivity contribution in [3.63, 3.8) is 0 Å². The summed E-state index contributed by atoms with van der Waals surface area (Å²) >= 11 is 0. The van der Waals surface area contributed by atoms with Crippen molar-refractivity contribution in [1.29, 1.82) is 0 Å². The largest absolute Gasteiger partial charge is 0.307 e. The van der Waals surface area contributed by atoms with Gasteiger partial charge in [0.1, 0.15) is 0 Å². The molecule has 2 unspecified atom stereocenters. The molecule has 0 heterocycles. The van der Waals surface area contributed by atoms with Crippen LogP contribution in [0, 0.1) is 23.2 Å². The molecular weight excluding hydrogens is 230 g/mol. The highest BCUT2D eigenvalue weighted by atomic mass is 15.0. The first-order valence-corrected chi connectivity index (χ1v) is 8.66. The molecule has 2 atom stereocenters. The number of rotatable bonds is 3. The molecule has 5 aliphatic rings. The Morgan fingerprint density at radius 3 is 2.21 bits per heavy atom. The zero-order chi connectivity index (χ0) is 12.9. The van der Waals surface area contributed by atoms with E-state index in [4.69, 9.17) is 0 Å². The van der Waals surface area contributed by atoms with Crippen molar-refractivity contribution in [3.05, 3.63) is 12.2 Å². The summed E-state index contributed by atoms with van der Waals surface area (Å²) in [5.41, 5.74) is 0.667. The minimum atomic E-state index is 0.664. The Balaban J connectivity index is 1.48. The van der Waals surface area contributed by atoms with Crippen LogP contribution in [0.3, 0.4) is 0 Å². The lowest BCUT2D eigenvalue weighted by atomic mass is 9.48. The van der Waals surface area contributed by atoms with Crippen molar-refractivity contribution in [2.45, 2.75) is 76.8 Å². The highest BCUT2D eigenvalue weighted by Crippen LogP contribution is 2.61. The lowest BCUT2D eigenvalue weighted by Crippen LogP contribution is -2.56. The molecule has 0 amide bonds. The van der Waals surface area contributed by atoms with Crippen LogP contribution < -0.4 is 5.32 Å². The van der Waals surface area contributed by atoms with E-state index in [0.29, 0.717) is 11.5 Å². The van der Waals surface area contributed by atoms with E-state index in [1.54, 1.807) is 19.3 Å². The van der Waals surface area contributed by atoms with E-state index >= 15 is 0 Å². The van der Waals surface area contributed by atoms with Gasteiger partial charge >= 0.3 is 0 Å². The Kier molecular flexibility index (Phi) is 3.02. The quantitative estimate of drug-likeness (QED) is 0.746. The lowest BCUT2D eigenvalue weighted by Gasteiger charge is -2.59. The van der Waals surface area contributed by atoms with E-state index in [2.05, 4.69) is 24.4 Å². The summed E-state index contributed by atoms with van der Waals surface area (Å²) in [5, 5.41) is 3.99. The van der Waals surface area contributed by atoms with Gasteiger partial charge in [-0.05, 0) is 87.9 Å². The molecule has 0 aromatic carbocycles. The zero-order valence-electron chi connectivity index (χ0n) is 12.4. The molecule has 106 valence electrons. The zero-order valence-corrected chi connectivity index (χ0v) is 12.4. The van der Waals surface area contributed by atoms with Crippen molar-refractivity contribution < 1.29 is 0 Å². The smallest absolute Gasteiger partial charge is 0.0252 e. The molecule has 1 heteroatoms. The molecule has 0 aliphatic heterocycles. The van der Waals surface area contributed by atoms with Crippen molar-refractivity contribution in [2.24, 2.45) is 23.2 Å². The molecule has 0 saturated heterocycles. The Labute approximate surface area is 118 Å². The Morgan fingerprint density at radius 2 is 1.68 bits per heavy atom. The first-order chi connectivity index (χ1) is 9.23. The lowest BCUT2D eigenvalue weighted by molar-refractivity contribution is -0.0715. The van der Waals surface area contributed by atoms with Crippen molar-refractivity contribution >= 4 is 0 Å². The number of hydrogen-bond acceptors (Lipinski definition) is 1. The van der Waals surface area contributed by atoms with Gasteiger partial charge in [0.2, 0.25) is 0 Å². The van der Waals surface area contributed by atoms with Gasteiger partial charge in [0.15, 0.2) is 0 Å². The van der Waals surface area contributed by atoms with E-state index in [1.807, 2.05) is 0 Å². The molecule has 4 fully saturated rings. The minimum absolute atomic E-state index is 0.664. The third-order valence-corrected chi connectivity index (χ3v) is 6.72. The van der Waals surface area contributed by atoms with Crippen LogP contribution in [0.2, 0.25) is 0 Å². The van der Waals surface area contributed by atoms with Gasteiger partial charge in [-0.25, -0.2) is 0 Å². The normalized spacial score (nSPS) is 49.5. The van der Waals surface area contributed by atoms with Gasteiger partial charge in [-0.3, -0.25) is 0 Å². The summed E-state index contributed by atoms with van der Waals surface area (Å²) in [6, 6.07) is 1.39. The van der Waals surface area contributed by atoms with E-state index in [1.165, 1.54) is 38.5 Å². The van der Waals surface area contributed by atoms with Crippen LogP contribution in [0.4, 0.5) is 0 Å². The van der Waals surface area contributed by atoms with Gasteiger partial charge in [-0.15, -0.1) is 0 Å². The van der Waals surface area contributed by atoms with Gasteiger partial charge in [-0.2, -0.15) is 0 Å². The van der Waals surface area contributed by atoms with Crippen LogP contribution in [-0.4, -0.2) is 12.1 Å². The van der Waals surface area contributed by atoms with Gasteiger partial charge in [-0.1, -0.05) is 12.2 Å². The second-order valence-electron chi connectivity index (χ2n) is 8.13.